The quantitative estimate of drug-likeness (QED) is 0.679. The molecule has 0 rings (SSSR count). The lowest BCUT2D eigenvalue weighted by atomic mass is 9.86. The molecule has 0 aliphatic rings. The largest absolute Gasteiger partial charge is 0.393 e. The normalized spacial score (nSPS) is 18.0. The first-order valence-corrected chi connectivity index (χ1v) is 4.19. The molecule has 11 heavy (non-hydrogen) atoms. The Hall–Kier alpha value is -0.0800. The summed E-state index contributed by atoms with van der Waals surface area (Å²) in [7, 11) is 1.68. The van der Waals surface area contributed by atoms with Crippen molar-refractivity contribution in [3.63, 3.8) is 0 Å². The van der Waals surface area contributed by atoms with Gasteiger partial charge >= 0.3 is 0 Å². The van der Waals surface area contributed by atoms with Crippen molar-refractivity contribution in [2.45, 2.75) is 45.8 Å². The van der Waals surface area contributed by atoms with Crippen LogP contribution in [0.2, 0.25) is 0 Å². The Balaban J connectivity index is 4.10. The third-order valence-corrected chi connectivity index (χ3v) is 2.62. The molecule has 0 aromatic carbocycles. The maximum absolute atomic E-state index is 9.51. The molecule has 0 amide bonds. The summed E-state index contributed by atoms with van der Waals surface area (Å²) in [6.07, 6.45) is 0.526. The van der Waals surface area contributed by atoms with E-state index in [0.717, 1.165) is 6.42 Å². The summed E-state index contributed by atoms with van der Waals surface area (Å²) >= 11 is 0. The molecule has 2 heteroatoms. The van der Waals surface area contributed by atoms with Gasteiger partial charge < -0.3 is 9.84 Å². The molecule has 0 spiro atoms. The molecule has 0 radical (unpaired) electrons. The van der Waals surface area contributed by atoms with Crippen LogP contribution in [-0.4, -0.2) is 23.9 Å². The molecule has 2 atom stereocenters. The van der Waals surface area contributed by atoms with Crippen LogP contribution in [0.15, 0.2) is 0 Å². The fourth-order valence-corrected chi connectivity index (χ4v) is 1.00. The summed E-state index contributed by atoms with van der Waals surface area (Å²) in [5.41, 5.74) is -0.227. The van der Waals surface area contributed by atoms with Crippen LogP contribution < -0.4 is 0 Å². The number of hydrogen-bond donors (Lipinski definition) is 1. The molecule has 0 aliphatic heterocycles. The van der Waals surface area contributed by atoms with Gasteiger partial charge in [0.15, 0.2) is 0 Å². The molecule has 0 aromatic heterocycles. The smallest absolute Gasteiger partial charge is 0.0672 e. The number of rotatable bonds is 4. The second kappa shape index (κ2) is 4.07. The summed E-state index contributed by atoms with van der Waals surface area (Å²) in [6.45, 7) is 7.98. The summed E-state index contributed by atoms with van der Waals surface area (Å²) in [5.74, 6) is 0.178. The van der Waals surface area contributed by atoms with Crippen LogP contribution in [0.25, 0.3) is 0 Å². The fourth-order valence-electron chi connectivity index (χ4n) is 1.00. The molecule has 68 valence electrons. The molecular weight excluding hydrogens is 140 g/mol. The molecule has 0 saturated carbocycles. The highest BCUT2D eigenvalue weighted by Gasteiger charge is 2.29. The van der Waals surface area contributed by atoms with Crippen LogP contribution in [0.4, 0.5) is 0 Å². The van der Waals surface area contributed by atoms with Crippen molar-refractivity contribution >= 4 is 0 Å². The summed E-state index contributed by atoms with van der Waals surface area (Å²) in [4.78, 5) is 0. The highest BCUT2D eigenvalue weighted by atomic mass is 16.5. The second-order valence-corrected chi connectivity index (χ2v) is 3.57. The van der Waals surface area contributed by atoms with E-state index in [1.54, 1.807) is 7.11 Å². The molecule has 0 aromatic rings. The van der Waals surface area contributed by atoms with Gasteiger partial charge in [-0.1, -0.05) is 13.8 Å². The van der Waals surface area contributed by atoms with Crippen LogP contribution in [-0.2, 0) is 4.74 Å². The van der Waals surface area contributed by atoms with Crippen molar-refractivity contribution in [1.82, 2.24) is 0 Å². The highest BCUT2D eigenvalue weighted by Crippen LogP contribution is 2.24. The van der Waals surface area contributed by atoms with Gasteiger partial charge in [-0.25, -0.2) is 0 Å². The molecule has 1 N–H and O–H groups in total. The number of hydrogen-bond acceptors (Lipinski definition) is 2. The molecule has 2 nitrogen and oxygen atoms in total. The Morgan fingerprint density at radius 1 is 1.45 bits per heavy atom. The molecule has 0 fully saturated rings. The topological polar surface area (TPSA) is 29.5 Å². The standard InChI is InChI=1S/C9H20O2/c1-6-8(10)7(2)9(3,4)11-5/h7-8,10H,6H2,1-5H3. The van der Waals surface area contributed by atoms with E-state index >= 15 is 0 Å². The van der Waals surface area contributed by atoms with E-state index in [2.05, 4.69) is 0 Å². The second-order valence-electron chi connectivity index (χ2n) is 3.57. The Kier molecular flexibility index (Phi) is 4.04. The number of ether oxygens (including phenoxy) is 1. The third-order valence-electron chi connectivity index (χ3n) is 2.62. The maximum Gasteiger partial charge on any atom is 0.0672 e. The van der Waals surface area contributed by atoms with E-state index in [0.29, 0.717) is 0 Å². The van der Waals surface area contributed by atoms with E-state index in [9.17, 15) is 5.11 Å². The number of aliphatic hydroxyl groups is 1. The molecule has 0 heterocycles. The van der Waals surface area contributed by atoms with E-state index in [1.165, 1.54) is 0 Å². The van der Waals surface area contributed by atoms with Crippen LogP contribution >= 0.6 is 0 Å². The van der Waals surface area contributed by atoms with Crippen molar-refractivity contribution in [2.75, 3.05) is 7.11 Å². The number of methoxy groups -OCH3 is 1. The van der Waals surface area contributed by atoms with Crippen LogP contribution in [0, 0.1) is 5.92 Å². The van der Waals surface area contributed by atoms with Gasteiger partial charge in [-0.15, -0.1) is 0 Å². The lowest BCUT2D eigenvalue weighted by Gasteiger charge is -2.33. The van der Waals surface area contributed by atoms with Gasteiger partial charge in [-0.2, -0.15) is 0 Å². The van der Waals surface area contributed by atoms with Gasteiger partial charge in [0.1, 0.15) is 0 Å². The van der Waals surface area contributed by atoms with E-state index in [-0.39, 0.29) is 17.6 Å². The van der Waals surface area contributed by atoms with Crippen molar-refractivity contribution in [3.05, 3.63) is 0 Å². The van der Waals surface area contributed by atoms with Gasteiger partial charge in [-0.05, 0) is 20.3 Å². The van der Waals surface area contributed by atoms with Gasteiger partial charge in [-0.3, -0.25) is 0 Å². The zero-order chi connectivity index (χ0) is 9.07. The first kappa shape index (κ1) is 10.9. The van der Waals surface area contributed by atoms with Gasteiger partial charge in [0.2, 0.25) is 0 Å². The predicted molar refractivity (Wildman–Crippen MR) is 46.5 cm³/mol. The summed E-state index contributed by atoms with van der Waals surface area (Å²) < 4.78 is 5.26. The average molecular weight is 160 g/mol. The van der Waals surface area contributed by atoms with E-state index < -0.39 is 0 Å². The minimum absolute atomic E-state index is 0.178. The molecule has 0 aliphatic carbocycles. The van der Waals surface area contributed by atoms with Crippen LogP contribution in [0.1, 0.15) is 34.1 Å². The van der Waals surface area contributed by atoms with Gasteiger partial charge in [0.05, 0.1) is 11.7 Å². The van der Waals surface area contributed by atoms with Crippen LogP contribution in [0.3, 0.4) is 0 Å². The van der Waals surface area contributed by atoms with Crippen molar-refractivity contribution in [1.29, 1.82) is 0 Å². The molecule has 0 bridgehead atoms. The lowest BCUT2D eigenvalue weighted by molar-refractivity contribution is -0.0677. The molecule has 0 saturated heterocycles. The monoisotopic (exact) mass is 160 g/mol. The molecule has 2 unspecified atom stereocenters. The number of aliphatic hydroxyl groups excluding tert-OH is 1. The van der Waals surface area contributed by atoms with Crippen molar-refractivity contribution in [3.8, 4) is 0 Å². The van der Waals surface area contributed by atoms with Gasteiger partial charge in [0.25, 0.3) is 0 Å². The van der Waals surface area contributed by atoms with E-state index in [4.69, 9.17) is 4.74 Å². The minimum atomic E-state index is -0.259. The third kappa shape index (κ3) is 2.80. The van der Waals surface area contributed by atoms with Crippen LogP contribution in [0.5, 0.6) is 0 Å². The lowest BCUT2D eigenvalue weighted by Crippen LogP contribution is -2.38. The Bertz CT molecular complexity index is 110. The predicted octanol–water partition coefficient (Wildman–Crippen LogP) is 1.82. The zero-order valence-electron chi connectivity index (χ0n) is 8.22. The Labute approximate surface area is 69.6 Å². The maximum atomic E-state index is 9.51. The fraction of sp³-hybridized carbons (Fsp3) is 1.00. The molecular formula is C9H20O2. The average Bonchev–Trinajstić information content (AvgIpc) is 2.01. The Morgan fingerprint density at radius 2 is 1.91 bits per heavy atom. The minimum Gasteiger partial charge on any atom is -0.393 e. The zero-order valence-corrected chi connectivity index (χ0v) is 8.22. The Morgan fingerprint density at radius 3 is 2.18 bits per heavy atom. The van der Waals surface area contributed by atoms with Crippen molar-refractivity contribution < 1.29 is 9.84 Å². The SMILES string of the molecule is CCC(O)C(C)C(C)(C)OC. The van der Waals surface area contributed by atoms with E-state index in [1.807, 2.05) is 27.7 Å². The highest BCUT2D eigenvalue weighted by molar-refractivity contribution is 4.80. The van der Waals surface area contributed by atoms with Crippen molar-refractivity contribution in [2.24, 2.45) is 5.92 Å². The summed E-state index contributed by atoms with van der Waals surface area (Å²) in [5, 5.41) is 9.51. The van der Waals surface area contributed by atoms with Gasteiger partial charge in [0, 0.05) is 13.0 Å². The first-order valence-electron chi connectivity index (χ1n) is 4.19. The summed E-state index contributed by atoms with van der Waals surface area (Å²) in [6, 6.07) is 0. The first-order chi connectivity index (χ1) is 4.95.